The second kappa shape index (κ2) is 7.92. The van der Waals surface area contributed by atoms with Crippen LogP contribution in [0.5, 0.6) is 0 Å². The van der Waals surface area contributed by atoms with E-state index in [2.05, 4.69) is 49.1 Å². The first-order chi connectivity index (χ1) is 12.9. The van der Waals surface area contributed by atoms with E-state index in [1.807, 2.05) is 30.0 Å². The summed E-state index contributed by atoms with van der Waals surface area (Å²) in [6.07, 6.45) is 3.22. The van der Waals surface area contributed by atoms with Gasteiger partial charge in [0.1, 0.15) is 11.9 Å². The number of nitrogens with one attached hydrogen (secondary N) is 1. The van der Waals surface area contributed by atoms with E-state index >= 15 is 0 Å². The molecule has 2 aromatic rings. The Hall–Kier alpha value is -2.66. The van der Waals surface area contributed by atoms with E-state index in [1.165, 1.54) is 0 Å². The number of amides is 2. The summed E-state index contributed by atoms with van der Waals surface area (Å²) in [6.45, 7) is 7.22. The van der Waals surface area contributed by atoms with Crippen LogP contribution in [0.3, 0.4) is 0 Å². The van der Waals surface area contributed by atoms with Gasteiger partial charge in [-0.1, -0.05) is 0 Å². The van der Waals surface area contributed by atoms with Crippen LogP contribution in [0.2, 0.25) is 0 Å². The van der Waals surface area contributed by atoms with Crippen LogP contribution < -0.4 is 10.2 Å². The first kappa shape index (κ1) is 19.1. The fourth-order valence-corrected chi connectivity index (χ4v) is 3.65. The van der Waals surface area contributed by atoms with E-state index in [1.54, 1.807) is 19.3 Å². The van der Waals surface area contributed by atoms with E-state index in [9.17, 15) is 4.79 Å². The number of aromatic nitrogens is 2. The first-order valence-corrected chi connectivity index (χ1v) is 9.51. The van der Waals surface area contributed by atoms with Gasteiger partial charge in [0, 0.05) is 35.3 Å². The zero-order chi connectivity index (χ0) is 19.6. The molecule has 0 spiro atoms. The molecule has 3 rings (SSSR count). The van der Waals surface area contributed by atoms with Crippen molar-refractivity contribution in [3.05, 3.63) is 46.5 Å². The molecule has 8 heteroatoms. The lowest BCUT2D eigenvalue weighted by Crippen LogP contribution is -2.59. The van der Waals surface area contributed by atoms with E-state index in [0.29, 0.717) is 30.2 Å². The first-order valence-electron chi connectivity index (χ1n) is 8.71. The Morgan fingerprint density at radius 1 is 1.26 bits per heavy atom. The van der Waals surface area contributed by atoms with Gasteiger partial charge in [-0.05, 0) is 54.9 Å². The highest BCUT2D eigenvalue weighted by atomic mass is 79.9. The number of rotatable bonds is 2. The summed E-state index contributed by atoms with van der Waals surface area (Å²) in [7, 11) is 0. The lowest BCUT2D eigenvalue weighted by Gasteiger charge is -2.45. The smallest absolute Gasteiger partial charge is 0.322 e. The lowest BCUT2D eigenvalue weighted by molar-refractivity contribution is 0.173. The molecule has 1 fully saturated rings. The number of halogens is 1. The van der Waals surface area contributed by atoms with Gasteiger partial charge in [-0.2, -0.15) is 5.26 Å². The minimum Gasteiger partial charge on any atom is -0.365 e. The monoisotopic (exact) mass is 428 g/mol. The van der Waals surface area contributed by atoms with Gasteiger partial charge in [-0.15, -0.1) is 0 Å². The molecule has 1 N–H and O–H groups in total. The number of hydrogen-bond donors (Lipinski definition) is 1. The zero-order valence-corrected chi connectivity index (χ0v) is 17.1. The summed E-state index contributed by atoms with van der Waals surface area (Å²) in [5.41, 5.74) is 2.23. The molecule has 0 saturated carbocycles. The Labute approximate surface area is 167 Å². The fourth-order valence-electron chi connectivity index (χ4n) is 3.20. The summed E-state index contributed by atoms with van der Waals surface area (Å²) in [5.74, 6) is 0.664. The lowest BCUT2D eigenvalue weighted by atomic mass is 10.1. The molecule has 2 atom stereocenters. The third kappa shape index (κ3) is 4.19. The van der Waals surface area contributed by atoms with Crippen LogP contribution in [0.4, 0.5) is 16.2 Å². The van der Waals surface area contributed by atoms with Crippen LogP contribution in [0.15, 0.2) is 35.1 Å². The Morgan fingerprint density at radius 3 is 2.59 bits per heavy atom. The summed E-state index contributed by atoms with van der Waals surface area (Å²) < 4.78 is 0.780. The molecular formula is C19H21BrN6O. The van der Waals surface area contributed by atoms with E-state index < -0.39 is 0 Å². The molecule has 0 unspecified atom stereocenters. The second-order valence-corrected chi connectivity index (χ2v) is 7.58. The molecule has 2 amide bonds. The highest BCUT2D eigenvalue weighted by molar-refractivity contribution is 9.10. The fraction of sp³-hybridized carbons (Fsp3) is 0.368. The van der Waals surface area contributed by atoms with Crippen molar-refractivity contribution in [1.82, 2.24) is 14.9 Å². The van der Waals surface area contributed by atoms with Crippen molar-refractivity contribution in [1.29, 1.82) is 5.26 Å². The molecule has 1 aliphatic heterocycles. The van der Waals surface area contributed by atoms with Crippen LogP contribution >= 0.6 is 15.9 Å². The predicted molar refractivity (Wildman–Crippen MR) is 108 cm³/mol. The summed E-state index contributed by atoms with van der Waals surface area (Å²) in [4.78, 5) is 25.0. The Bertz CT molecular complexity index is 879. The standard InChI is InChI=1S/C19H21BrN6O/c1-12-11-26(19(27)24-16-8-22-14(3)23-9-16)13(2)10-25(12)17-5-4-15(7-21)18(20)6-17/h4-6,8-9,12-13H,10-11H2,1-3H3,(H,24,27)/t12-,13+/m0/s1. The van der Waals surface area contributed by atoms with Crippen LogP contribution in [0, 0.1) is 18.3 Å². The number of nitriles is 1. The third-order valence-electron chi connectivity index (χ3n) is 4.68. The molecule has 2 heterocycles. The van der Waals surface area contributed by atoms with Crippen LogP contribution in [-0.4, -0.2) is 46.1 Å². The van der Waals surface area contributed by atoms with Crippen molar-refractivity contribution in [2.24, 2.45) is 0 Å². The minimum absolute atomic E-state index is 0.0296. The summed E-state index contributed by atoms with van der Waals surface area (Å²) in [6, 6.07) is 7.90. The van der Waals surface area contributed by atoms with Crippen LogP contribution in [0.1, 0.15) is 25.2 Å². The van der Waals surface area contributed by atoms with E-state index in [0.717, 1.165) is 10.2 Å². The van der Waals surface area contributed by atoms with Gasteiger partial charge < -0.3 is 15.1 Å². The van der Waals surface area contributed by atoms with Gasteiger partial charge in [0.2, 0.25) is 0 Å². The van der Waals surface area contributed by atoms with Crippen LogP contribution in [-0.2, 0) is 0 Å². The van der Waals surface area contributed by atoms with Gasteiger partial charge in [0.25, 0.3) is 0 Å². The number of carbonyl (C=O) groups is 1. The maximum atomic E-state index is 12.7. The number of carbonyl (C=O) groups excluding carboxylic acids is 1. The minimum atomic E-state index is -0.150. The number of hydrogen-bond acceptors (Lipinski definition) is 5. The molecule has 140 valence electrons. The number of urea groups is 1. The maximum Gasteiger partial charge on any atom is 0.322 e. The zero-order valence-electron chi connectivity index (χ0n) is 15.5. The van der Waals surface area contributed by atoms with Gasteiger partial charge in [0.05, 0.1) is 23.6 Å². The maximum absolute atomic E-state index is 12.7. The van der Waals surface area contributed by atoms with Crippen molar-refractivity contribution in [3.8, 4) is 6.07 Å². The predicted octanol–water partition coefficient (Wildman–Crippen LogP) is 3.55. The number of anilines is 2. The Kier molecular flexibility index (Phi) is 5.61. The number of aryl methyl sites for hydroxylation is 1. The molecule has 0 bridgehead atoms. The Morgan fingerprint density at radius 2 is 1.96 bits per heavy atom. The molecule has 7 nitrogen and oxygen atoms in total. The SMILES string of the molecule is Cc1ncc(NC(=O)N2C[C@H](C)N(c3ccc(C#N)c(Br)c3)C[C@H]2C)cn1. The quantitative estimate of drug-likeness (QED) is 0.789. The highest BCUT2D eigenvalue weighted by Gasteiger charge is 2.32. The third-order valence-corrected chi connectivity index (χ3v) is 5.34. The highest BCUT2D eigenvalue weighted by Crippen LogP contribution is 2.28. The van der Waals surface area contributed by atoms with Crippen molar-refractivity contribution in [3.63, 3.8) is 0 Å². The largest absolute Gasteiger partial charge is 0.365 e. The summed E-state index contributed by atoms with van der Waals surface area (Å²) >= 11 is 3.45. The number of nitrogens with zero attached hydrogens (tertiary/aromatic N) is 5. The van der Waals surface area contributed by atoms with Crippen LogP contribution in [0.25, 0.3) is 0 Å². The van der Waals surface area contributed by atoms with Crippen molar-refractivity contribution in [2.45, 2.75) is 32.9 Å². The molecule has 27 heavy (non-hydrogen) atoms. The average Bonchev–Trinajstić information content (AvgIpc) is 2.65. The van der Waals surface area contributed by atoms with Gasteiger partial charge in [0.15, 0.2) is 0 Å². The van der Waals surface area contributed by atoms with Crippen molar-refractivity contribution >= 4 is 33.3 Å². The number of benzene rings is 1. The second-order valence-electron chi connectivity index (χ2n) is 6.73. The van der Waals surface area contributed by atoms with Crippen molar-refractivity contribution in [2.75, 3.05) is 23.3 Å². The topological polar surface area (TPSA) is 85.2 Å². The van der Waals surface area contributed by atoms with Gasteiger partial charge in [-0.25, -0.2) is 14.8 Å². The van der Waals surface area contributed by atoms with E-state index in [-0.39, 0.29) is 18.1 Å². The molecule has 1 aromatic heterocycles. The molecule has 0 radical (unpaired) electrons. The molecule has 0 aliphatic carbocycles. The average molecular weight is 429 g/mol. The van der Waals surface area contributed by atoms with E-state index in [4.69, 9.17) is 5.26 Å². The molecule has 1 saturated heterocycles. The Balaban J connectivity index is 1.71. The molecule has 1 aromatic carbocycles. The summed E-state index contributed by atoms with van der Waals surface area (Å²) in [5, 5.41) is 12.0. The molecular weight excluding hydrogens is 408 g/mol. The van der Waals surface area contributed by atoms with Gasteiger partial charge in [-0.3, -0.25) is 0 Å². The molecule has 1 aliphatic rings. The van der Waals surface area contributed by atoms with Gasteiger partial charge >= 0.3 is 6.03 Å². The normalized spacial score (nSPS) is 19.5. The van der Waals surface area contributed by atoms with Crippen molar-refractivity contribution < 1.29 is 4.79 Å². The number of piperazine rings is 1.